The number of aliphatic hydroxyl groups is 1. The maximum atomic E-state index is 13.4. The largest absolute Gasteiger partial charge is 0.472 e. The number of amides is 2. The second-order valence-corrected chi connectivity index (χ2v) is 8.32. The highest BCUT2D eigenvalue weighted by atomic mass is 16.5. The van der Waals surface area contributed by atoms with Crippen LogP contribution in [-0.2, 0) is 4.79 Å². The Labute approximate surface area is 194 Å². The van der Waals surface area contributed by atoms with Crippen molar-refractivity contribution in [3.8, 4) is 17.7 Å². The summed E-state index contributed by atoms with van der Waals surface area (Å²) in [6.07, 6.45) is 4.93. The van der Waals surface area contributed by atoms with Crippen LogP contribution in [0.4, 0.5) is 0 Å². The second kappa shape index (κ2) is 10.9. The summed E-state index contributed by atoms with van der Waals surface area (Å²) in [7, 11) is 1.74. The van der Waals surface area contributed by atoms with E-state index in [1.54, 1.807) is 54.5 Å². The van der Waals surface area contributed by atoms with E-state index in [0.29, 0.717) is 25.1 Å². The summed E-state index contributed by atoms with van der Waals surface area (Å²) in [5.41, 5.74) is 1.60. The molecule has 0 radical (unpaired) electrons. The molecule has 3 rings (SSSR count). The van der Waals surface area contributed by atoms with Gasteiger partial charge >= 0.3 is 0 Å². The zero-order valence-corrected chi connectivity index (χ0v) is 19.5. The molecule has 0 spiro atoms. The highest BCUT2D eigenvalue weighted by Crippen LogP contribution is 2.27. The van der Waals surface area contributed by atoms with Gasteiger partial charge in [0.2, 0.25) is 11.8 Å². The first-order chi connectivity index (χ1) is 15.8. The van der Waals surface area contributed by atoms with Gasteiger partial charge in [-0.1, -0.05) is 25.7 Å². The molecule has 8 heteroatoms. The average Bonchev–Trinajstić information content (AvgIpc) is 2.84. The van der Waals surface area contributed by atoms with E-state index in [4.69, 9.17) is 4.74 Å². The lowest BCUT2D eigenvalue weighted by molar-refractivity contribution is -0.131. The summed E-state index contributed by atoms with van der Waals surface area (Å²) in [5, 5.41) is 9.76. The number of hydrogen-bond acceptors (Lipinski definition) is 6. The van der Waals surface area contributed by atoms with E-state index >= 15 is 0 Å². The van der Waals surface area contributed by atoms with Crippen molar-refractivity contribution in [3.05, 3.63) is 53.5 Å². The molecule has 0 fully saturated rings. The molecule has 174 valence electrons. The van der Waals surface area contributed by atoms with Crippen LogP contribution in [-0.4, -0.2) is 75.6 Å². The Kier molecular flexibility index (Phi) is 8.01. The van der Waals surface area contributed by atoms with Crippen molar-refractivity contribution in [1.82, 2.24) is 19.8 Å². The SMILES string of the molecule is CCC(=O)N(C)C[C@H]1Oc2ncc(C#Cc3cccnc3)cc2C(=O)N([C@H](C)CO)C[C@H]1C. The van der Waals surface area contributed by atoms with Gasteiger partial charge < -0.3 is 19.6 Å². The highest BCUT2D eigenvalue weighted by Gasteiger charge is 2.34. The maximum absolute atomic E-state index is 13.4. The van der Waals surface area contributed by atoms with Gasteiger partial charge in [-0.15, -0.1) is 0 Å². The minimum absolute atomic E-state index is 0.0127. The predicted octanol–water partition coefficient (Wildman–Crippen LogP) is 1.96. The molecule has 1 aliphatic heterocycles. The van der Waals surface area contributed by atoms with Gasteiger partial charge in [-0.05, 0) is 25.1 Å². The van der Waals surface area contributed by atoms with Crippen LogP contribution in [0.25, 0.3) is 0 Å². The van der Waals surface area contributed by atoms with Crippen molar-refractivity contribution >= 4 is 11.8 Å². The number of ether oxygens (including phenoxy) is 1. The molecule has 3 heterocycles. The summed E-state index contributed by atoms with van der Waals surface area (Å²) in [4.78, 5) is 37.3. The number of carbonyl (C=O) groups excluding carboxylic acids is 2. The fourth-order valence-electron chi connectivity index (χ4n) is 3.61. The molecule has 0 saturated carbocycles. The van der Waals surface area contributed by atoms with E-state index in [2.05, 4.69) is 21.8 Å². The third-order valence-electron chi connectivity index (χ3n) is 5.72. The van der Waals surface area contributed by atoms with Gasteiger partial charge in [0.1, 0.15) is 11.7 Å². The molecule has 1 N–H and O–H groups in total. The van der Waals surface area contributed by atoms with E-state index in [0.717, 1.165) is 5.56 Å². The number of rotatable bonds is 5. The first kappa shape index (κ1) is 24.2. The fourth-order valence-corrected chi connectivity index (χ4v) is 3.61. The molecular weight excluding hydrogens is 420 g/mol. The molecule has 0 aliphatic carbocycles. The first-order valence-corrected chi connectivity index (χ1v) is 11.1. The van der Waals surface area contributed by atoms with Crippen LogP contribution in [0.1, 0.15) is 48.7 Å². The van der Waals surface area contributed by atoms with Crippen LogP contribution in [0.15, 0.2) is 36.8 Å². The molecule has 2 aromatic heterocycles. The van der Waals surface area contributed by atoms with Gasteiger partial charge in [0.05, 0.1) is 19.2 Å². The number of hydrogen-bond donors (Lipinski definition) is 1. The third-order valence-corrected chi connectivity index (χ3v) is 5.72. The van der Waals surface area contributed by atoms with Crippen molar-refractivity contribution in [2.75, 3.05) is 26.7 Å². The summed E-state index contributed by atoms with van der Waals surface area (Å²) in [6.45, 7) is 6.17. The van der Waals surface area contributed by atoms with Crippen molar-refractivity contribution in [2.24, 2.45) is 5.92 Å². The summed E-state index contributed by atoms with van der Waals surface area (Å²) in [5.74, 6) is 5.89. The summed E-state index contributed by atoms with van der Waals surface area (Å²) >= 11 is 0. The Bertz CT molecular complexity index is 1050. The number of aliphatic hydroxyl groups excluding tert-OH is 1. The standard InChI is InChI=1S/C25H30N4O4/c1-5-23(31)28(4)15-22-17(2)14-29(18(3)16-30)25(32)21-11-20(13-27-24(21)33-22)9-8-19-7-6-10-26-12-19/h6-7,10-13,17-18,22,30H,5,14-16H2,1-4H3/t17-,18-,22-/m1/s1. The summed E-state index contributed by atoms with van der Waals surface area (Å²) < 4.78 is 6.19. The molecule has 0 saturated heterocycles. The smallest absolute Gasteiger partial charge is 0.259 e. The number of fused-ring (bicyclic) bond motifs is 1. The molecule has 0 unspecified atom stereocenters. The molecule has 2 amide bonds. The van der Waals surface area contributed by atoms with E-state index in [-0.39, 0.29) is 47.9 Å². The van der Waals surface area contributed by atoms with Gasteiger partial charge in [-0.25, -0.2) is 4.98 Å². The van der Waals surface area contributed by atoms with Crippen LogP contribution in [0, 0.1) is 17.8 Å². The molecule has 8 nitrogen and oxygen atoms in total. The van der Waals surface area contributed by atoms with Crippen molar-refractivity contribution < 1.29 is 19.4 Å². The van der Waals surface area contributed by atoms with E-state index in [9.17, 15) is 14.7 Å². The molecule has 2 aromatic rings. The predicted molar refractivity (Wildman–Crippen MR) is 124 cm³/mol. The van der Waals surface area contributed by atoms with Crippen molar-refractivity contribution in [3.63, 3.8) is 0 Å². The summed E-state index contributed by atoms with van der Waals surface area (Å²) in [6, 6.07) is 4.93. The van der Waals surface area contributed by atoms with Gasteiger partial charge in [0.15, 0.2) is 0 Å². The Morgan fingerprint density at radius 2 is 2.12 bits per heavy atom. The van der Waals surface area contributed by atoms with Crippen LogP contribution in [0.3, 0.4) is 0 Å². The fraction of sp³-hybridized carbons (Fsp3) is 0.440. The van der Waals surface area contributed by atoms with E-state index < -0.39 is 0 Å². The van der Waals surface area contributed by atoms with Crippen LogP contribution >= 0.6 is 0 Å². The van der Waals surface area contributed by atoms with Crippen LogP contribution < -0.4 is 4.74 Å². The Morgan fingerprint density at radius 3 is 2.79 bits per heavy atom. The molecule has 0 aromatic carbocycles. The molecule has 1 aliphatic rings. The van der Waals surface area contributed by atoms with Crippen LogP contribution in [0.2, 0.25) is 0 Å². The number of pyridine rings is 2. The minimum atomic E-state index is -0.383. The van der Waals surface area contributed by atoms with Crippen LogP contribution in [0.5, 0.6) is 5.88 Å². The lowest BCUT2D eigenvalue weighted by Gasteiger charge is -2.37. The Hall–Kier alpha value is -3.44. The van der Waals surface area contributed by atoms with E-state index in [1.165, 1.54) is 0 Å². The number of likely N-dealkylation sites (N-methyl/N-ethyl adjacent to an activating group) is 1. The molecular formula is C25H30N4O4. The Morgan fingerprint density at radius 1 is 1.36 bits per heavy atom. The zero-order chi connectivity index (χ0) is 24.0. The monoisotopic (exact) mass is 450 g/mol. The van der Waals surface area contributed by atoms with Gasteiger partial charge in [-0.2, -0.15) is 0 Å². The molecule has 3 atom stereocenters. The molecule has 0 bridgehead atoms. The maximum Gasteiger partial charge on any atom is 0.259 e. The van der Waals surface area contributed by atoms with Crippen molar-refractivity contribution in [1.29, 1.82) is 0 Å². The Balaban J connectivity index is 1.98. The average molecular weight is 451 g/mol. The normalized spacial score (nSPS) is 18.7. The lowest BCUT2D eigenvalue weighted by Crippen LogP contribution is -2.50. The number of aromatic nitrogens is 2. The molecule has 33 heavy (non-hydrogen) atoms. The van der Waals surface area contributed by atoms with Gasteiger partial charge in [0, 0.05) is 55.6 Å². The van der Waals surface area contributed by atoms with Gasteiger partial charge in [-0.3, -0.25) is 14.6 Å². The number of carbonyl (C=O) groups is 2. The zero-order valence-electron chi connectivity index (χ0n) is 19.5. The van der Waals surface area contributed by atoms with Gasteiger partial charge in [0.25, 0.3) is 5.91 Å². The lowest BCUT2D eigenvalue weighted by atomic mass is 10.00. The second-order valence-electron chi connectivity index (χ2n) is 8.32. The number of nitrogens with zero attached hydrogens (tertiary/aromatic N) is 4. The van der Waals surface area contributed by atoms with E-state index in [1.807, 2.05) is 19.9 Å². The quantitative estimate of drug-likeness (QED) is 0.700. The topological polar surface area (TPSA) is 95.9 Å². The van der Waals surface area contributed by atoms with Crippen molar-refractivity contribution in [2.45, 2.75) is 39.3 Å². The third kappa shape index (κ3) is 5.88. The minimum Gasteiger partial charge on any atom is -0.472 e. The first-order valence-electron chi connectivity index (χ1n) is 11.1. The highest BCUT2D eigenvalue weighted by molar-refractivity contribution is 5.97.